The summed E-state index contributed by atoms with van der Waals surface area (Å²) >= 11 is 0. The van der Waals surface area contributed by atoms with Gasteiger partial charge in [-0.05, 0) is 19.1 Å². The number of nitro benzene ring substituents is 1. The predicted molar refractivity (Wildman–Crippen MR) is 60.2 cm³/mol. The molecule has 0 unspecified atom stereocenters. The maximum atomic E-state index is 12.5. The molecule has 110 valence electrons. The van der Waals surface area contributed by atoms with Gasteiger partial charge in [-0.25, -0.2) is 4.79 Å². The van der Waals surface area contributed by atoms with Gasteiger partial charge in [0.15, 0.2) is 11.9 Å². The number of carbonyl (C=O) groups excluding carboxylic acids is 1. The molecule has 0 saturated carbocycles. The Kier molecular flexibility index (Phi) is 4.53. The van der Waals surface area contributed by atoms with E-state index in [2.05, 4.69) is 4.74 Å². The van der Waals surface area contributed by atoms with Gasteiger partial charge in [-0.2, -0.15) is 13.2 Å². The first-order valence-electron chi connectivity index (χ1n) is 5.27. The van der Waals surface area contributed by atoms with Crippen LogP contribution in [0.5, 0.6) is 5.75 Å². The summed E-state index contributed by atoms with van der Waals surface area (Å²) in [5, 5.41) is 10.8. The number of nitro groups is 1. The number of hydrogen-bond donors (Lipinski definition) is 0. The van der Waals surface area contributed by atoms with Crippen LogP contribution in [0.25, 0.3) is 0 Å². The van der Waals surface area contributed by atoms with E-state index in [0.29, 0.717) is 12.1 Å². The number of methoxy groups -OCH3 is 1. The molecule has 0 bridgehead atoms. The third kappa shape index (κ3) is 3.59. The van der Waals surface area contributed by atoms with Crippen LogP contribution in [0.2, 0.25) is 0 Å². The fraction of sp³-hybridized carbons (Fsp3) is 0.364. The summed E-state index contributed by atoms with van der Waals surface area (Å²) in [5.41, 5.74) is -2.06. The standard InChI is InChI=1S/C11H10F3NO5/c1-6(10(16)19-2)20-9-4-3-7(11(12,13)14)5-8(9)15(17)18/h3-6H,1-2H3/t6-/m0/s1. The molecular formula is C11H10F3NO5. The second kappa shape index (κ2) is 5.76. The van der Waals surface area contributed by atoms with Crippen LogP contribution < -0.4 is 4.74 Å². The lowest BCUT2D eigenvalue weighted by molar-refractivity contribution is -0.386. The molecule has 0 spiro atoms. The van der Waals surface area contributed by atoms with Gasteiger partial charge in [0.25, 0.3) is 0 Å². The number of benzene rings is 1. The van der Waals surface area contributed by atoms with E-state index >= 15 is 0 Å². The van der Waals surface area contributed by atoms with Gasteiger partial charge in [-0.3, -0.25) is 10.1 Å². The Morgan fingerprint density at radius 1 is 1.40 bits per heavy atom. The van der Waals surface area contributed by atoms with Crippen molar-refractivity contribution in [2.75, 3.05) is 7.11 Å². The van der Waals surface area contributed by atoms with Crippen LogP contribution in [0.3, 0.4) is 0 Å². The van der Waals surface area contributed by atoms with Crippen molar-refractivity contribution in [3.8, 4) is 5.75 Å². The van der Waals surface area contributed by atoms with E-state index in [1.807, 2.05) is 0 Å². The van der Waals surface area contributed by atoms with Crippen LogP contribution in [-0.4, -0.2) is 24.1 Å². The zero-order valence-corrected chi connectivity index (χ0v) is 10.4. The average Bonchev–Trinajstić information content (AvgIpc) is 2.36. The molecule has 1 aromatic carbocycles. The van der Waals surface area contributed by atoms with Crippen molar-refractivity contribution in [1.82, 2.24) is 0 Å². The lowest BCUT2D eigenvalue weighted by atomic mass is 10.2. The number of esters is 1. The fourth-order valence-corrected chi connectivity index (χ4v) is 1.34. The van der Waals surface area contributed by atoms with Gasteiger partial charge in [0.05, 0.1) is 17.6 Å². The smallest absolute Gasteiger partial charge is 0.416 e. The first-order chi connectivity index (χ1) is 9.16. The molecule has 1 atom stereocenters. The minimum absolute atomic E-state index is 0.347. The molecule has 0 fully saturated rings. The van der Waals surface area contributed by atoms with Gasteiger partial charge in [0.1, 0.15) is 0 Å². The normalized spacial score (nSPS) is 12.7. The number of hydrogen-bond acceptors (Lipinski definition) is 5. The van der Waals surface area contributed by atoms with Crippen LogP contribution in [0.15, 0.2) is 18.2 Å². The molecule has 6 nitrogen and oxygen atoms in total. The van der Waals surface area contributed by atoms with Gasteiger partial charge < -0.3 is 9.47 Å². The van der Waals surface area contributed by atoms with E-state index in [0.717, 1.165) is 13.2 Å². The molecule has 0 heterocycles. The van der Waals surface area contributed by atoms with Crippen molar-refractivity contribution in [1.29, 1.82) is 0 Å². The molecule has 0 aliphatic rings. The van der Waals surface area contributed by atoms with Crippen LogP contribution in [0.4, 0.5) is 18.9 Å². The topological polar surface area (TPSA) is 78.7 Å². The number of halogens is 3. The molecule has 0 N–H and O–H groups in total. The zero-order valence-electron chi connectivity index (χ0n) is 10.4. The predicted octanol–water partition coefficient (Wildman–Crippen LogP) is 2.55. The lowest BCUT2D eigenvalue weighted by Crippen LogP contribution is -2.25. The van der Waals surface area contributed by atoms with E-state index < -0.39 is 40.2 Å². The Balaban J connectivity index is 3.15. The summed E-state index contributed by atoms with van der Waals surface area (Å²) in [4.78, 5) is 20.9. The molecule has 1 rings (SSSR count). The SMILES string of the molecule is COC(=O)[C@H](C)Oc1ccc(C(F)(F)F)cc1[N+](=O)[O-]. The lowest BCUT2D eigenvalue weighted by Gasteiger charge is -2.13. The molecule has 0 aromatic heterocycles. The minimum atomic E-state index is -4.71. The van der Waals surface area contributed by atoms with Gasteiger partial charge >= 0.3 is 17.8 Å². The van der Waals surface area contributed by atoms with Crippen molar-refractivity contribution in [2.24, 2.45) is 0 Å². The first kappa shape index (κ1) is 15.7. The van der Waals surface area contributed by atoms with Crippen molar-refractivity contribution >= 4 is 11.7 Å². The molecule has 0 aliphatic carbocycles. The second-order valence-electron chi connectivity index (χ2n) is 3.72. The van der Waals surface area contributed by atoms with Gasteiger partial charge in [-0.15, -0.1) is 0 Å². The maximum absolute atomic E-state index is 12.5. The monoisotopic (exact) mass is 293 g/mol. The van der Waals surface area contributed by atoms with Crippen molar-refractivity contribution in [2.45, 2.75) is 19.2 Å². The van der Waals surface area contributed by atoms with Crippen LogP contribution in [0.1, 0.15) is 12.5 Å². The molecule has 20 heavy (non-hydrogen) atoms. The molecular weight excluding hydrogens is 283 g/mol. The summed E-state index contributed by atoms with van der Waals surface area (Å²) in [5.74, 6) is -1.25. The quantitative estimate of drug-likeness (QED) is 0.484. The molecule has 0 aliphatic heterocycles. The van der Waals surface area contributed by atoms with Crippen LogP contribution in [-0.2, 0) is 15.7 Å². The van der Waals surface area contributed by atoms with Crippen molar-refractivity contribution in [3.63, 3.8) is 0 Å². The van der Waals surface area contributed by atoms with E-state index in [1.165, 1.54) is 6.92 Å². The summed E-state index contributed by atoms with van der Waals surface area (Å²) in [6, 6.07) is 1.77. The largest absolute Gasteiger partial charge is 0.472 e. The van der Waals surface area contributed by atoms with E-state index in [4.69, 9.17) is 4.74 Å². The molecule has 1 aromatic rings. The number of nitrogens with zero attached hydrogens (tertiary/aromatic N) is 1. The highest BCUT2D eigenvalue weighted by Gasteiger charge is 2.33. The fourth-order valence-electron chi connectivity index (χ4n) is 1.34. The molecule has 9 heteroatoms. The Morgan fingerprint density at radius 3 is 2.45 bits per heavy atom. The summed E-state index contributed by atoms with van der Waals surface area (Å²) < 4.78 is 46.7. The van der Waals surface area contributed by atoms with Crippen molar-refractivity contribution < 1.29 is 32.4 Å². The van der Waals surface area contributed by atoms with Gasteiger partial charge in [0.2, 0.25) is 0 Å². The third-order valence-corrected chi connectivity index (χ3v) is 2.32. The van der Waals surface area contributed by atoms with E-state index in [-0.39, 0.29) is 0 Å². The van der Waals surface area contributed by atoms with E-state index in [9.17, 15) is 28.1 Å². The minimum Gasteiger partial charge on any atom is -0.472 e. The van der Waals surface area contributed by atoms with Gasteiger partial charge in [0, 0.05) is 6.07 Å². The number of carbonyl (C=O) groups is 1. The van der Waals surface area contributed by atoms with Crippen LogP contribution in [0, 0.1) is 10.1 Å². The van der Waals surface area contributed by atoms with Crippen LogP contribution >= 0.6 is 0 Å². The zero-order chi connectivity index (χ0) is 15.5. The highest BCUT2D eigenvalue weighted by molar-refractivity contribution is 5.74. The summed E-state index contributed by atoms with van der Waals surface area (Å²) in [6.45, 7) is 1.26. The van der Waals surface area contributed by atoms with Gasteiger partial charge in [-0.1, -0.05) is 0 Å². The summed E-state index contributed by atoms with van der Waals surface area (Å²) in [7, 11) is 1.09. The molecule has 0 radical (unpaired) electrons. The highest BCUT2D eigenvalue weighted by Crippen LogP contribution is 2.36. The Hall–Kier alpha value is -2.32. The van der Waals surface area contributed by atoms with E-state index in [1.54, 1.807) is 0 Å². The number of rotatable bonds is 4. The first-order valence-corrected chi connectivity index (χ1v) is 5.27. The Bertz CT molecular complexity index is 529. The Labute approximate surface area is 111 Å². The number of alkyl halides is 3. The number of ether oxygens (including phenoxy) is 2. The van der Waals surface area contributed by atoms with Crippen molar-refractivity contribution in [3.05, 3.63) is 33.9 Å². The third-order valence-electron chi connectivity index (χ3n) is 2.32. The Morgan fingerprint density at radius 2 is 2.00 bits per heavy atom. The second-order valence-corrected chi connectivity index (χ2v) is 3.72. The molecule has 0 saturated heterocycles. The molecule has 0 amide bonds. The summed E-state index contributed by atoms with van der Waals surface area (Å²) in [6.07, 6.45) is -5.90. The maximum Gasteiger partial charge on any atom is 0.416 e. The highest BCUT2D eigenvalue weighted by atomic mass is 19.4. The average molecular weight is 293 g/mol.